The molecule has 4 N–H and O–H groups in total. The van der Waals surface area contributed by atoms with Gasteiger partial charge in [0.1, 0.15) is 6.10 Å². The first kappa shape index (κ1) is 37.2. The molecule has 1 unspecified atom stereocenters. The minimum absolute atomic E-state index is 0.151. The lowest BCUT2D eigenvalue weighted by atomic mass is 9.98. The van der Waals surface area contributed by atoms with Crippen LogP contribution in [0.15, 0.2) is 11.6 Å². The molecule has 2 aliphatic heterocycles. The highest BCUT2D eigenvalue weighted by Crippen LogP contribution is 2.28. The van der Waals surface area contributed by atoms with E-state index in [9.17, 15) is 25.2 Å². The van der Waals surface area contributed by atoms with Gasteiger partial charge in [-0.1, -0.05) is 103 Å². The number of rotatable bonds is 26. The summed E-state index contributed by atoms with van der Waals surface area (Å²) in [7, 11) is 0. The van der Waals surface area contributed by atoms with Gasteiger partial charge in [0.25, 0.3) is 0 Å². The van der Waals surface area contributed by atoms with Gasteiger partial charge in [-0.3, -0.25) is 0 Å². The van der Waals surface area contributed by atoms with Gasteiger partial charge in [0, 0.05) is 12.0 Å². The Hall–Kier alpha value is -0.990. The second-order valence-electron chi connectivity index (χ2n) is 13.1. The molecule has 246 valence electrons. The van der Waals surface area contributed by atoms with Gasteiger partial charge < -0.3 is 29.9 Å². The fourth-order valence-electron chi connectivity index (χ4n) is 6.40. The average molecular weight is 597 g/mol. The van der Waals surface area contributed by atoms with Crippen molar-refractivity contribution in [3.63, 3.8) is 0 Å². The molecular weight excluding hydrogens is 532 g/mol. The lowest BCUT2D eigenvalue weighted by molar-refractivity contribution is -0.139. The molecule has 0 amide bonds. The summed E-state index contributed by atoms with van der Waals surface area (Å²) in [5.74, 6) is -0.353. The fourth-order valence-corrected chi connectivity index (χ4v) is 6.40. The summed E-state index contributed by atoms with van der Waals surface area (Å²) in [5.41, 5.74) is 0.523. The maximum atomic E-state index is 11.7. The highest BCUT2D eigenvalue weighted by atomic mass is 16.5. The standard InChI is InChI=1S/C35H64O7/c1-3-4-5-6-7-8-9-10-11-12-13-16-19-31(38)33-23-24-34(42-33)32(39)20-17-14-15-18-29(36)21-22-30(37)26-28-25-27(2)41-35(28)40/h25,27,29-34,36-39H,3-24,26H2,1-2H3/t27-,29?,30+,31+,32+,33+,34+/m0/s1. The average Bonchev–Trinajstić information content (AvgIpc) is 3.58. The number of hydrogen-bond donors (Lipinski definition) is 4. The fraction of sp³-hybridized carbons (Fsp3) is 0.914. The third kappa shape index (κ3) is 16.2. The number of ether oxygens (including phenoxy) is 2. The van der Waals surface area contributed by atoms with Crippen molar-refractivity contribution >= 4 is 5.97 Å². The Kier molecular flexibility index (Phi) is 19.9. The van der Waals surface area contributed by atoms with Crippen molar-refractivity contribution < 1.29 is 34.7 Å². The summed E-state index contributed by atoms with van der Waals surface area (Å²) in [6, 6.07) is 0. The molecule has 0 spiro atoms. The maximum absolute atomic E-state index is 11.7. The molecule has 1 saturated heterocycles. The molecule has 2 aliphatic rings. The zero-order valence-electron chi connectivity index (χ0n) is 26.9. The molecule has 42 heavy (non-hydrogen) atoms. The Labute approximate surface area is 256 Å². The Morgan fingerprint density at radius 3 is 1.62 bits per heavy atom. The van der Waals surface area contributed by atoms with Crippen LogP contribution >= 0.6 is 0 Å². The zero-order valence-corrected chi connectivity index (χ0v) is 26.9. The van der Waals surface area contributed by atoms with Gasteiger partial charge in [0.15, 0.2) is 0 Å². The van der Waals surface area contributed by atoms with Gasteiger partial charge >= 0.3 is 5.97 Å². The quantitative estimate of drug-likeness (QED) is 0.0624. The Morgan fingerprint density at radius 2 is 1.12 bits per heavy atom. The van der Waals surface area contributed by atoms with Crippen molar-refractivity contribution in [1.82, 2.24) is 0 Å². The van der Waals surface area contributed by atoms with E-state index in [0.29, 0.717) is 31.3 Å². The van der Waals surface area contributed by atoms with Crippen molar-refractivity contribution in [2.24, 2.45) is 0 Å². The third-order valence-electron chi connectivity index (χ3n) is 9.11. The molecule has 0 aliphatic carbocycles. The van der Waals surface area contributed by atoms with Crippen LogP contribution in [0.3, 0.4) is 0 Å². The van der Waals surface area contributed by atoms with Gasteiger partial charge in [-0.25, -0.2) is 4.79 Å². The van der Waals surface area contributed by atoms with Gasteiger partial charge in [-0.05, 0) is 57.9 Å². The van der Waals surface area contributed by atoms with Crippen molar-refractivity contribution in [3.8, 4) is 0 Å². The van der Waals surface area contributed by atoms with Crippen molar-refractivity contribution in [2.45, 2.75) is 204 Å². The number of esters is 1. The SMILES string of the molecule is CCCCCCCCCCCCCC[C@@H](O)[C@H]1CC[C@H]([C@H](O)CCCCCC(O)CC[C@@H](O)CC2=C[C@H](C)OC2=O)O1. The van der Waals surface area contributed by atoms with Crippen LogP contribution in [0.1, 0.15) is 162 Å². The predicted octanol–water partition coefficient (Wildman–Crippen LogP) is 7.06. The summed E-state index contributed by atoms with van der Waals surface area (Å²) in [4.78, 5) is 11.7. The molecule has 0 aromatic rings. The second kappa shape index (κ2) is 22.5. The zero-order chi connectivity index (χ0) is 30.6. The molecule has 0 radical (unpaired) electrons. The van der Waals surface area contributed by atoms with Gasteiger partial charge in [0.2, 0.25) is 0 Å². The normalized spacial score (nSPS) is 23.5. The van der Waals surface area contributed by atoms with E-state index in [1.807, 2.05) is 0 Å². The molecule has 2 heterocycles. The van der Waals surface area contributed by atoms with Crippen LogP contribution in [0.5, 0.6) is 0 Å². The number of carbonyl (C=O) groups excluding carboxylic acids is 1. The molecule has 2 rings (SSSR count). The molecule has 7 nitrogen and oxygen atoms in total. The number of unbranched alkanes of at least 4 members (excludes halogenated alkanes) is 13. The lowest BCUT2D eigenvalue weighted by Gasteiger charge is -2.22. The molecule has 0 saturated carbocycles. The molecule has 0 aromatic carbocycles. The molecule has 7 atom stereocenters. The number of aliphatic hydroxyl groups is 4. The number of cyclic esters (lactones) is 1. The second-order valence-corrected chi connectivity index (χ2v) is 13.1. The van der Waals surface area contributed by atoms with Crippen LogP contribution < -0.4 is 0 Å². The van der Waals surface area contributed by atoms with E-state index in [-0.39, 0.29) is 30.7 Å². The van der Waals surface area contributed by atoms with E-state index in [2.05, 4.69) is 6.92 Å². The van der Waals surface area contributed by atoms with Crippen LogP contribution in [0.2, 0.25) is 0 Å². The summed E-state index contributed by atoms with van der Waals surface area (Å²) in [6.45, 7) is 4.06. The van der Waals surface area contributed by atoms with Gasteiger partial charge in [-0.2, -0.15) is 0 Å². The van der Waals surface area contributed by atoms with Gasteiger partial charge in [0.05, 0.1) is 36.6 Å². The van der Waals surface area contributed by atoms with Crippen LogP contribution in [-0.2, 0) is 14.3 Å². The third-order valence-corrected chi connectivity index (χ3v) is 9.11. The predicted molar refractivity (Wildman–Crippen MR) is 168 cm³/mol. The summed E-state index contributed by atoms with van der Waals surface area (Å²) >= 11 is 0. The molecule has 0 bridgehead atoms. The minimum Gasteiger partial charge on any atom is -0.455 e. The molecule has 7 heteroatoms. The van der Waals surface area contributed by atoms with Crippen LogP contribution in [0.25, 0.3) is 0 Å². The van der Waals surface area contributed by atoms with Crippen LogP contribution in [-0.4, -0.2) is 69.1 Å². The summed E-state index contributed by atoms with van der Waals surface area (Å²) in [5, 5.41) is 41.7. The van der Waals surface area contributed by atoms with Crippen LogP contribution in [0, 0.1) is 0 Å². The Balaban J connectivity index is 1.42. The molecule has 0 aromatic heterocycles. The summed E-state index contributed by atoms with van der Waals surface area (Å²) < 4.78 is 11.1. The van der Waals surface area contributed by atoms with E-state index in [4.69, 9.17) is 9.47 Å². The minimum atomic E-state index is -0.655. The van der Waals surface area contributed by atoms with Crippen molar-refractivity contribution in [1.29, 1.82) is 0 Å². The van der Waals surface area contributed by atoms with E-state index >= 15 is 0 Å². The first-order valence-corrected chi connectivity index (χ1v) is 17.6. The molecule has 1 fully saturated rings. The first-order valence-electron chi connectivity index (χ1n) is 17.6. The number of aliphatic hydroxyl groups excluding tert-OH is 4. The van der Waals surface area contributed by atoms with Gasteiger partial charge in [-0.15, -0.1) is 0 Å². The van der Waals surface area contributed by atoms with E-state index in [0.717, 1.165) is 44.9 Å². The maximum Gasteiger partial charge on any atom is 0.334 e. The number of hydrogen-bond acceptors (Lipinski definition) is 7. The number of carbonyl (C=O) groups is 1. The van der Waals surface area contributed by atoms with E-state index in [1.54, 1.807) is 13.0 Å². The van der Waals surface area contributed by atoms with Crippen molar-refractivity contribution in [3.05, 3.63) is 11.6 Å². The Bertz CT molecular complexity index is 726. The first-order chi connectivity index (χ1) is 20.3. The monoisotopic (exact) mass is 596 g/mol. The van der Waals surface area contributed by atoms with Crippen molar-refractivity contribution in [2.75, 3.05) is 0 Å². The highest BCUT2D eigenvalue weighted by molar-refractivity contribution is 5.90. The molecular formula is C35H64O7. The van der Waals surface area contributed by atoms with E-state index in [1.165, 1.54) is 70.6 Å². The highest BCUT2D eigenvalue weighted by Gasteiger charge is 2.34. The van der Waals surface area contributed by atoms with E-state index < -0.39 is 24.4 Å². The Morgan fingerprint density at radius 1 is 0.667 bits per heavy atom. The lowest BCUT2D eigenvalue weighted by Crippen LogP contribution is -2.31. The smallest absolute Gasteiger partial charge is 0.334 e. The largest absolute Gasteiger partial charge is 0.455 e. The topological polar surface area (TPSA) is 116 Å². The van der Waals surface area contributed by atoms with Crippen LogP contribution in [0.4, 0.5) is 0 Å². The summed E-state index contributed by atoms with van der Waals surface area (Å²) in [6.07, 6.45) is 22.5.